The molecule has 0 aromatic carbocycles. The van der Waals surface area contributed by atoms with E-state index in [0.717, 1.165) is 32.2 Å². The normalized spacial score (nSPS) is 22.2. The number of rotatable bonds is 7. The molecule has 0 unspecified atom stereocenters. The third-order valence-corrected chi connectivity index (χ3v) is 4.72. The number of carbonyl (C=O) groups is 1. The van der Waals surface area contributed by atoms with Crippen molar-refractivity contribution in [2.45, 2.75) is 57.4 Å². The number of nitrogens with two attached hydrogens (primary N) is 1. The standard InChI is InChI=1S/C15H28N2O2/c1-19-10-9-17(13-5-6-13)14(18)11-15(12-16)7-3-2-4-8-15/h13H,2-12,16H2,1H3. The van der Waals surface area contributed by atoms with Crippen molar-refractivity contribution in [1.29, 1.82) is 0 Å². The Hall–Kier alpha value is -0.610. The van der Waals surface area contributed by atoms with Crippen LogP contribution in [0.15, 0.2) is 0 Å². The number of amides is 1. The van der Waals surface area contributed by atoms with Crippen molar-refractivity contribution in [2.24, 2.45) is 11.1 Å². The zero-order chi connectivity index (χ0) is 13.7. The number of nitrogens with zero attached hydrogens (tertiary/aromatic N) is 1. The first-order valence-corrected chi connectivity index (χ1v) is 7.69. The van der Waals surface area contributed by atoms with Gasteiger partial charge in [-0.2, -0.15) is 0 Å². The first-order chi connectivity index (χ1) is 9.21. The Morgan fingerprint density at radius 3 is 2.53 bits per heavy atom. The molecule has 4 nitrogen and oxygen atoms in total. The third kappa shape index (κ3) is 3.93. The molecule has 110 valence electrons. The van der Waals surface area contributed by atoms with E-state index in [-0.39, 0.29) is 5.41 Å². The Bertz CT molecular complexity index is 297. The second kappa shape index (κ2) is 6.71. The molecule has 0 heterocycles. The van der Waals surface area contributed by atoms with Crippen LogP contribution in [0, 0.1) is 5.41 Å². The summed E-state index contributed by atoms with van der Waals surface area (Å²) >= 11 is 0. The number of hydrogen-bond donors (Lipinski definition) is 1. The fourth-order valence-electron chi connectivity index (χ4n) is 3.26. The number of methoxy groups -OCH3 is 1. The molecular formula is C15H28N2O2. The summed E-state index contributed by atoms with van der Waals surface area (Å²) in [5.74, 6) is 0.298. The molecule has 0 aromatic heterocycles. The van der Waals surface area contributed by atoms with Crippen LogP contribution in [0.4, 0.5) is 0 Å². The smallest absolute Gasteiger partial charge is 0.223 e. The Morgan fingerprint density at radius 2 is 2.00 bits per heavy atom. The summed E-state index contributed by atoms with van der Waals surface area (Å²) in [5, 5.41) is 0. The van der Waals surface area contributed by atoms with Gasteiger partial charge in [-0.1, -0.05) is 19.3 Å². The maximum atomic E-state index is 12.6. The van der Waals surface area contributed by atoms with Crippen LogP contribution >= 0.6 is 0 Å². The van der Waals surface area contributed by atoms with E-state index in [2.05, 4.69) is 0 Å². The molecule has 0 spiro atoms. The summed E-state index contributed by atoms with van der Waals surface area (Å²) in [6, 6.07) is 0.473. The van der Waals surface area contributed by atoms with Gasteiger partial charge in [-0.05, 0) is 37.6 Å². The van der Waals surface area contributed by atoms with Crippen LogP contribution in [0.1, 0.15) is 51.4 Å². The van der Waals surface area contributed by atoms with Gasteiger partial charge in [0, 0.05) is 26.1 Å². The minimum Gasteiger partial charge on any atom is -0.383 e. The maximum Gasteiger partial charge on any atom is 0.223 e. The van der Waals surface area contributed by atoms with Crippen LogP contribution in [0.2, 0.25) is 0 Å². The second-order valence-corrected chi connectivity index (χ2v) is 6.25. The quantitative estimate of drug-likeness (QED) is 0.767. The highest BCUT2D eigenvalue weighted by Crippen LogP contribution is 2.39. The van der Waals surface area contributed by atoms with Gasteiger partial charge >= 0.3 is 0 Å². The molecule has 2 rings (SSSR count). The summed E-state index contributed by atoms with van der Waals surface area (Å²) in [4.78, 5) is 14.6. The van der Waals surface area contributed by atoms with E-state index in [4.69, 9.17) is 10.5 Å². The van der Waals surface area contributed by atoms with Gasteiger partial charge in [0.2, 0.25) is 5.91 Å². The van der Waals surface area contributed by atoms with Crippen molar-refractivity contribution in [2.75, 3.05) is 26.8 Å². The number of ether oxygens (including phenoxy) is 1. The summed E-state index contributed by atoms with van der Waals surface area (Å²) in [7, 11) is 1.69. The Labute approximate surface area is 116 Å². The minimum atomic E-state index is 0.0789. The molecule has 2 N–H and O–H groups in total. The van der Waals surface area contributed by atoms with Crippen LogP contribution in [0.25, 0.3) is 0 Å². The summed E-state index contributed by atoms with van der Waals surface area (Å²) in [5.41, 5.74) is 6.06. The van der Waals surface area contributed by atoms with Crippen LogP contribution < -0.4 is 5.73 Å². The zero-order valence-corrected chi connectivity index (χ0v) is 12.2. The van der Waals surface area contributed by atoms with E-state index >= 15 is 0 Å². The van der Waals surface area contributed by atoms with Crippen LogP contribution in [0.3, 0.4) is 0 Å². The lowest BCUT2D eigenvalue weighted by molar-refractivity contribution is -0.135. The van der Waals surface area contributed by atoms with Crippen molar-refractivity contribution in [3.05, 3.63) is 0 Å². The average Bonchev–Trinajstić information content (AvgIpc) is 3.25. The Balaban J connectivity index is 1.92. The van der Waals surface area contributed by atoms with E-state index in [9.17, 15) is 4.79 Å². The monoisotopic (exact) mass is 268 g/mol. The predicted molar refractivity (Wildman–Crippen MR) is 75.8 cm³/mol. The minimum absolute atomic E-state index is 0.0789. The van der Waals surface area contributed by atoms with E-state index in [1.165, 1.54) is 19.3 Å². The lowest BCUT2D eigenvalue weighted by atomic mass is 9.71. The number of hydrogen-bond acceptors (Lipinski definition) is 3. The molecule has 0 atom stereocenters. The second-order valence-electron chi connectivity index (χ2n) is 6.25. The molecule has 0 bridgehead atoms. The van der Waals surface area contributed by atoms with Gasteiger partial charge in [0.05, 0.1) is 6.61 Å². The molecule has 2 fully saturated rings. The summed E-state index contributed by atoms with van der Waals surface area (Å²) in [6.45, 7) is 2.03. The molecule has 0 radical (unpaired) electrons. The van der Waals surface area contributed by atoms with E-state index < -0.39 is 0 Å². The van der Waals surface area contributed by atoms with Crippen molar-refractivity contribution in [1.82, 2.24) is 4.90 Å². The van der Waals surface area contributed by atoms with Crippen molar-refractivity contribution in [3.8, 4) is 0 Å². The van der Waals surface area contributed by atoms with Crippen molar-refractivity contribution >= 4 is 5.91 Å². The zero-order valence-electron chi connectivity index (χ0n) is 12.2. The van der Waals surface area contributed by atoms with Crippen LogP contribution in [0.5, 0.6) is 0 Å². The molecular weight excluding hydrogens is 240 g/mol. The highest BCUT2D eigenvalue weighted by Gasteiger charge is 2.38. The molecule has 0 aromatic rings. The van der Waals surface area contributed by atoms with Gasteiger partial charge in [0.15, 0.2) is 0 Å². The maximum absolute atomic E-state index is 12.6. The highest BCUT2D eigenvalue weighted by atomic mass is 16.5. The van der Waals surface area contributed by atoms with E-state index in [0.29, 0.717) is 31.5 Å². The van der Waals surface area contributed by atoms with Gasteiger partial charge in [0.25, 0.3) is 0 Å². The molecule has 2 aliphatic carbocycles. The van der Waals surface area contributed by atoms with Gasteiger partial charge in [-0.3, -0.25) is 4.79 Å². The van der Waals surface area contributed by atoms with E-state index in [1.807, 2.05) is 4.90 Å². The van der Waals surface area contributed by atoms with Crippen LogP contribution in [-0.4, -0.2) is 43.7 Å². The summed E-state index contributed by atoms with van der Waals surface area (Å²) < 4.78 is 5.12. The van der Waals surface area contributed by atoms with Gasteiger partial charge < -0.3 is 15.4 Å². The van der Waals surface area contributed by atoms with Crippen molar-refractivity contribution < 1.29 is 9.53 Å². The Kier molecular flexibility index (Phi) is 5.22. The molecule has 0 aliphatic heterocycles. The third-order valence-electron chi connectivity index (χ3n) is 4.72. The van der Waals surface area contributed by atoms with Gasteiger partial charge in [-0.15, -0.1) is 0 Å². The fraction of sp³-hybridized carbons (Fsp3) is 0.933. The highest BCUT2D eigenvalue weighted by molar-refractivity contribution is 5.77. The molecule has 1 amide bonds. The lowest BCUT2D eigenvalue weighted by Crippen LogP contribution is -2.42. The average molecular weight is 268 g/mol. The first-order valence-electron chi connectivity index (χ1n) is 7.69. The SMILES string of the molecule is COCCN(C(=O)CC1(CN)CCCCC1)C1CC1. The van der Waals surface area contributed by atoms with Crippen molar-refractivity contribution in [3.63, 3.8) is 0 Å². The van der Waals surface area contributed by atoms with Gasteiger partial charge in [-0.25, -0.2) is 0 Å². The Morgan fingerprint density at radius 1 is 1.32 bits per heavy atom. The van der Waals surface area contributed by atoms with Gasteiger partial charge in [0.1, 0.15) is 0 Å². The largest absolute Gasteiger partial charge is 0.383 e. The fourth-order valence-corrected chi connectivity index (χ4v) is 3.26. The topological polar surface area (TPSA) is 55.6 Å². The van der Waals surface area contributed by atoms with Crippen LogP contribution in [-0.2, 0) is 9.53 Å². The number of carbonyl (C=O) groups excluding carboxylic acids is 1. The lowest BCUT2D eigenvalue weighted by Gasteiger charge is -2.37. The molecule has 2 aliphatic rings. The molecule has 0 saturated heterocycles. The molecule has 2 saturated carbocycles. The molecule has 4 heteroatoms. The predicted octanol–water partition coefficient (Wildman–Crippen LogP) is 1.92. The summed E-state index contributed by atoms with van der Waals surface area (Å²) in [6.07, 6.45) is 8.96. The van der Waals surface area contributed by atoms with E-state index in [1.54, 1.807) is 7.11 Å². The first kappa shape index (κ1) is 14.8. The molecule has 19 heavy (non-hydrogen) atoms.